The van der Waals surface area contributed by atoms with Crippen molar-refractivity contribution in [2.24, 2.45) is 0 Å². The first-order chi connectivity index (χ1) is 8.08. The molecule has 2 aromatic rings. The number of carboxylic acid groups (broad SMARTS) is 1. The number of carbonyl (C=O) groups is 1. The van der Waals surface area contributed by atoms with E-state index in [9.17, 15) is 4.79 Å². The molecule has 1 N–H and O–H groups in total. The molecule has 0 bridgehead atoms. The summed E-state index contributed by atoms with van der Waals surface area (Å²) in [6.45, 7) is 3.53. The van der Waals surface area contributed by atoms with Crippen LogP contribution < -0.4 is 4.74 Å². The van der Waals surface area contributed by atoms with Crippen LogP contribution in [0.5, 0.6) is 10.9 Å². The Morgan fingerprint density at radius 1 is 1.35 bits per heavy atom. The third kappa shape index (κ3) is 2.42. The number of hydrogen-bond acceptors (Lipinski definition) is 5. The fraction of sp³-hybridized carbons (Fsp3) is 0.182. The molecule has 2 rings (SSSR count). The minimum atomic E-state index is -0.971. The van der Waals surface area contributed by atoms with Crippen LogP contribution in [-0.4, -0.2) is 21.3 Å². The topological polar surface area (TPSA) is 72.3 Å². The van der Waals surface area contributed by atoms with Gasteiger partial charge < -0.3 is 9.84 Å². The molecule has 0 spiro atoms. The maximum Gasteiger partial charge on any atom is 0.336 e. The Hall–Kier alpha value is -1.95. The van der Waals surface area contributed by atoms with Gasteiger partial charge in [0.25, 0.3) is 5.19 Å². The molecular weight excluding hydrogens is 240 g/mol. The van der Waals surface area contributed by atoms with Gasteiger partial charge >= 0.3 is 5.97 Å². The van der Waals surface area contributed by atoms with Crippen LogP contribution in [0.4, 0.5) is 0 Å². The maximum atomic E-state index is 10.9. The minimum Gasteiger partial charge on any atom is -0.478 e. The molecule has 0 saturated carbocycles. The van der Waals surface area contributed by atoms with E-state index in [0.717, 1.165) is 5.01 Å². The van der Waals surface area contributed by atoms with E-state index in [-0.39, 0.29) is 5.56 Å². The fourth-order valence-corrected chi connectivity index (χ4v) is 1.92. The molecule has 0 aliphatic carbocycles. The van der Waals surface area contributed by atoms with E-state index < -0.39 is 5.97 Å². The van der Waals surface area contributed by atoms with Crippen molar-refractivity contribution in [3.8, 4) is 10.9 Å². The molecule has 5 nitrogen and oxygen atoms in total. The third-order valence-corrected chi connectivity index (χ3v) is 2.94. The molecule has 0 radical (unpaired) electrons. The quantitative estimate of drug-likeness (QED) is 0.906. The van der Waals surface area contributed by atoms with Crippen molar-refractivity contribution in [2.75, 3.05) is 0 Å². The molecule has 0 fully saturated rings. The normalized spacial score (nSPS) is 10.2. The van der Waals surface area contributed by atoms with Crippen molar-refractivity contribution in [1.82, 2.24) is 10.2 Å². The fourth-order valence-electron chi connectivity index (χ4n) is 1.37. The molecule has 1 heterocycles. The molecule has 0 aliphatic heterocycles. The Labute approximate surface area is 102 Å². The zero-order valence-electron chi connectivity index (χ0n) is 9.30. The molecule has 0 aliphatic rings. The average Bonchev–Trinajstić information content (AvgIpc) is 2.67. The highest BCUT2D eigenvalue weighted by atomic mass is 32.1. The van der Waals surface area contributed by atoms with E-state index in [0.29, 0.717) is 16.5 Å². The van der Waals surface area contributed by atoms with Gasteiger partial charge in [0.2, 0.25) is 0 Å². The van der Waals surface area contributed by atoms with E-state index in [1.54, 1.807) is 19.1 Å². The van der Waals surface area contributed by atoms with Crippen molar-refractivity contribution in [3.05, 3.63) is 34.3 Å². The van der Waals surface area contributed by atoms with E-state index in [1.807, 2.05) is 6.92 Å². The van der Waals surface area contributed by atoms with Crippen LogP contribution in [0.2, 0.25) is 0 Å². The number of aromatic nitrogens is 2. The SMILES string of the molecule is Cc1nnc(Oc2cccc(C(=O)O)c2C)s1. The summed E-state index contributed by atoms with van der Waals surface area (Å²) in [5.41, 5.74) is 0.802. The summed E-state index contributed by atoms with van der Waals surface area (Å²) in [5.74, 6) is -0.484. The van der Waals surface area contributed by atoms with Crippen molar-refractivity contribution in [1.29, 1.82) is 0 Å². The Bertz CT molecular complexity index is 566. The summed E-state index contributed by atoms with van der Waals surface area (Å²) < 4.78 is 5.50. The zero-order valence-corrected chi connectivity index (χ0v) is 10.1. The molecule has 0 unspecified atom stereocenters. The number of aromatic carboxylic acids is 1. The molecule has 6 heteroatoms. The highest BCUT2D eigenvalue weighted by molar-refractivity contribution is 7.13. The lowest BCUT2D eigenvalue weighted by molar-refractivity contribution is 0.0695. The van der Waals surface area contributed by atoms with Crippen LogP contribution in [0.25, 0.3) is 0 Å². The van der Waals surface area contributed by atoms with Gasteiger partial charge in [-0.3, -0.25) is 0 Å². The summed E-state index contributed by atoms with van der Waals surface area (Å²) in [4.78, 5) is 10.9. The van der Waals surface area contributed by atoms with E-state index in [1.165, 1.54) is 17.4 Å². The average molecular weight is 250 g/mol. The monoisotopic (exact) mass is 250 g/mol. The van der Waals surface area contributed by atoms with Gasteiger partial charge in [-0.05, 0) is 26.0 Å². The van der Waals surface area contributed by atoms with Crippen LogP contribution >= 0.6 is 11.3 Å². The van der Waals surface area contributed by atoms with Gasteiger partial charge in [-0.2, -0.15) is 0 Å². The van der Waals surface area contributed by atoms with E-state index in [2.05, 4.69) is 10.2 Å². The van der Waals surface area contributed by atoms with Crippen molar-refractivity contribution >= 4 is 17.3 Å². The highest BCUT2D eigenvalue weighted by Gasteiger charge is 2.12. The van der Waals surface area contributed by atoms with Crippen LogP contribution in [0.1, 0.15) is 20.9 Å². The first-order valence-electron chi connectivity index (χ1n) is 4.89. The third-order valence-electron chi connectivity index (χ3n) is 2.22. The predicted octanol–water partition coefficient (Wildman–Crippen LogP) is 2.65. The van der Waals surface area contributed by atoms with Crippen molar-refractivity contribution in [3.63, 3.8) is 0 Å². The standard InChI is InChI=1S/C11H10N2O3S/c1-6-8(10(14)15)4-3-5-9(6)16-11-13-12-7(2)17-11/h3-5H,1-2H3,(H,14,15). The summed E-state index contributed by atoms with van der Waals surface area (Å²) in [7, 11) is 0. The van der Waals surface area contributed by atoms with Gasteiger partial charge in [0.1, 0.15) is 10.8 Å². The Morgan fingerprint density at radius 3 is 2.71 bits per heavy atom. The lowest BCUT2D eigenvalue weighted by Gasteiger charge is -2.07. The Kier molecular flexibility index (Phi) is 3.06. The summed E-state index contributed by atoms with van der Waals surface area (Å²) in [6.07, 6.45) is 0. The molecule has 88 valence electrons. The first kappa shape index (κ1) is 11.5. The lowest BCUT2D eigenvalue weighted by Crippen LogP contribution is -2.00. The first-order valence-corrected chi connectivity index (χ1v) is 5.70. The maximum absolute atomic E-state index is 10.9. The lowest BCUT2D eigenvalue weighted by atomic mass is 10.1. The molecular formula is C11H10N2O3S. The van der Waals surface area contributed by atoms with Crippen molar-refractivity contribution < 1.29 is 14.6 Å². The van der Waals surface area contributed by atoms with Gasteiger partial charge in [-0.1, -0.05) is 22.5 Å². The number of rotatable bonds is 3. The number of carboxylic acids is 1. The van der Waals surface area contributed by atoms with Gasteiger partial charge in [0.05, 0.1) is 5.56 Å². The summed E-state index contributed by atoms with van der Waals surface area (Å²) in [5, 5.41) is 17.8. The van der Waals surface area contributed by atoms with Crippen LogP contribution in [0, 0.1) is 13.8 Å². The highest BCUT2D eigenvalue weighted by Crippen LogP contribution is 2.28. The smallest absolute Gasteiger partial charge is 0.336 e. The largest absolute Gasteiger partial charge is 0.478 e. The van der Waals surface area contributed by atoms with Gasteiger partial charge in [0, 0.05) is 5.56 Å². The van der Waals surface area contributed by atoms with Gasteiger partial charge in [-0.15, -0.1) is 5.10 Å². The minimum absolute atomic E-state index is 0.226. The molecule has 0 saturated heterocycles. The molecule has 17 heavy (non-hydrogen) atoms. The molecule has 0 atom stereocenters. The second-order valence-electron chi connectivity index (χ2n) is 3.42. The second kappa shape index (κ2) is 4.50. The van der Waals surface area contributed by atoms with Gasteiger partial charge in [0.15, 0.2) is 0 Å². The molecule has 1 aromatic heterocycles. The van der Waals surface area contributed by atoms with E-state index in [4.69, 9.17) is 9.84 Å². The van der Waals surface area contributed by atoms with Gasteiger partial charge in [-0.25, -0.2) is 4.79 Å². The Morgan fingerprint density at radius 2 is 2.12 bits per heavy atom. The number of hydrogen-bond donors (Lipinski definition) is 1. The summed E-state index contributed by atoms with van der Waals surface area (Å²) in [6, 6.07) is 4.88. The second-order valence-corrected chi connectivity index (χ2v) is 4.57. The summed E-state index contributed by atoms with van der Waals surface area (Å²) >= 11 is 1.31. The molecule has 1 aromatic carbocycles. The number of aryl methyl sites for hydroxylation is 1. The van der Waals surface area contributed by atoms with Crippen molar-refractivity contribution in [2.45, 2.75) is 13.8 Å². The predicted molar refractivity (Wildman–Crippen MR) is 62.9 cm³/mol. The molecule has 0 amide bonds. The van der Waals surface area contributed by atoms with E-state index >= 15 is 0 Å². The van der Waals surface area contributed by atoms with Crippen LogP contribution in [-0.2, 0) is 0 Å². The number of ether oxygens (including phenoxy) is 1. The number of nitrogens with zero attached hydrogens (tertiary/aromatic N) is 2. The van der Waals surface area contributed by atoms with Crippen LogP contribution in [0.15, 0.2) is 18.2 Å². The zero-order chi connectivity index (χ0) is 12.4. The van der Waals surface area contributed by atoms with Crippen LogP contribution in [0.3, 0.4) is 0 Å². The number of benzene rings is 1. The Balaban J connectivity index is 2.33.